The Labute approximate surface area is 128 Å². The van der Waals surface area contributed by atoms with Crippen molar-refractivity contribution in [3.05, 3.63) is 58.8 Å². The third kappa shape index (κ3) is 2.41. The molecule has 21 heavy (non-hydrogen) atoms. The fraction of sp³-hybridized carbons (Fsp3) is 0.167. The Balaban J connectivity index is 2.27. The third-order valence-corrected chi connectivity index (χ3v) is 3.84. The topological polar surface area (TPSA) is 36.9 Å². The molecule has 3 rings (SSSR count). The minimum atomic E-state index is 0.374. The van der Waals surface area contributed by atoms with Crippen molar-refractivity contribution in [1.29, 1.82) is 5.26 Å². The summed E-state index contributed by atoms with van der Waals surface area (Å²) in [7, 11) is 0. The Morgan fingerprint density at radius 1 is 1.14 bits per heavy atom. The number of halogens is 1. The maximum Gasteiger partial charge on any atom is 0.208 e. The first-order valence-electron chi connectivity index (χ1n) is 6.95. The molecule has 0 N–H and O–H groups in total. The van der Waals surface area contributed by atoms with Gasteiger partial charge in [0.25, 0.3) is 0 Å². The molecule has 0 unspecified atom stereocenters. The molecule has 0 fully saturated rings. The third-order valence-electron chi connectivity index (χ3n) is 3.56. The van der Waals surface area contributed by atoms with E-state index in [9.17, 15) is 5.26 Å². The molecule has 0 aliphatic heterocycles. The van der Waals surface area contributed by atoms with Crippen LogP contribution in [0.15, 0.2) is 46.9 Å². The molecule has 1 aromatic heterocycles. The first-order valence-corrected chi connectivity index (χ1v) is 7.32. The van der Waals surface area contributed by atoms with Crippen molar-refractivity contribution in [2.75, 3.05) is 0 Å². The Morgan fingerprint density at radius 3 is 2.57 bits per heavy atom. The molecule has 3 aromatic rings. The van der Waals surface area contributed by atoms with Gasteiger partial charge in [-0.2, -0.15) is 5.26 Å². The highest BCUT2D eigenvalue weighted by Gasteiger charge is 2.17. The number of benzene rings is 2. The van der Waals surface area contributed by atoms with Gasteiger partial charge in [0.2, 0.25) is 5.76 Å². The van der Waals surface area contributed by atoms with Crippen molar-refractivity contribution < 1.29 is 4.42 Å². The molecule has 3 heteroatoms. The number of hydrogen-bond acceptors (Lipinski definition) is 2. The second-order valence-corrected chi connectivity index (χ2v) is 5.38. The lowest BCUT2D eigenvalue weighted by atomic mass is 10.0. The number of hydrogen-bond donors (Lipinski definition) is 0. The van der Waals surface area contributed by atoms with Gasteiger partial charge in [-0.05, 0) is 29.7 Å². The van der Waals surface area contributed by atoms with Gasteiger partial charge in [0, 0.05) is 10.9 Å². The van der Waals surface area contributed by atoms with Gasteiger partial charge < -0.3 is 4.42 Å². The first kappa shape index (κ1) is 13.7. The summed E-state index contributed by atoms with van der Waals surface area (Å²) in [6.07, 6.45) is 1.76. The molecule has 0 aliphatic carbocycles. The molecule has 0 spiro atoms. The summed E-state index contributed by atoms with van der Waals surface area (Å²) in [5, 5.41) is 10.7. The molecule has 0 amide bonds. The molecule has 0 saturated heterocycles. The van der Waals surface area contributed by atoms with Crippen LogP contribution in [-0.4, -0.2) is 0 Å². The second kappa shape index (κ2) is 5.63. The molecule has 0 saturated carbocycles. The number of rotatable bonds is 3. The van der Waals surface area contributed by atoms with Gasteiger partial charge in [-0.15, -0.1) is 0 Å². The Bertz CT molecular complexity index is 828. The van der Waals surface area contributed by atoms with E-state index in [0.29, 0.717) is 16.4 Å². The minimum Gasteiger partial charge on any atom is -0.444 e. The number of nitrogens with zero attached hydrogens (tertiary/aromatic N) is 1. The van der Waals surface area contributed by atoms with Gasteiger partial charge >= 0.3 is 0 Å². The van der Waals surface area contributed by atoms with E-state index in [4.69, 9.17) is 16.0 Å². The minimum absolute atomic E-state index is 0.374. The van der Waals surface area contributed by atoms with E-state index in [1.165, 1.54) is 0 Å². The second-order valence-electron chi connectivity index (χ2n) is 4.97. The summed E-state index contributed by atoms with van der Waals surface area (Å²) in [6, 6.07) is 16.1. The lowest BCUT2D eigenvalue weighted by Crippen LogP contribution is -1.85. The molecule has 104 valence electrons. The SMILES string of the molecule is CCCc1c(C#N)oc2c(Cl)cc(-c3ccccc3)cc12. The number of fused-ring (bicyclic) bond motifs is 1. The van der Waals surface area contributed by atoms with Crippen molar-refractivity contribution in [3.63, 3.8) is 0 Å². The fourth-order valence-corrected chi connectivity index (χ4v) is 2.85. The number of aryl methyl sites for hydroxylation is 1. The van der Waals surface area contributed by atoms with Crippen molar-refractivity contribution in [2.45, 2.75) is 19.8 Å². The van der Waals surface area contributed by atoms with E-state index in [1.54, 1.807) is 0 Å². The smallest absolute Gasteiger partial charge is 0.208 e. The van der Waals surface area contributed by atoms with Gasteiger partial charge in [0.15, 0.2) is 5.58 Å². The van der Waals surface area contributed by atoms with Crippen LogP contribution in [0.25, 0.3) is 22.1 Å². The fourth-order valence-electron chi connectivity index (χ4n) is 2.59. The molecule has 1 heterocycles. The van der Waals surface area contributed by atoms with Gasteiger partial charge in [-0.1, -0.05) is 55.3 Å². The molecule has 0 atom stereocenters. The maximum absolute atomic E-state index is 9.24. The highest BCUT2D eigenvalue weighted by molar-refractivity contribution is 6.35. The summed E-state index contributed by atoms with van der Waals surface area (Å²) >= 11 is 6.35. The van der Waals surface area contributed by atoms with Crippen LogP contribution in [0, 0.1) is 11.3 Å². The van der Waals surface area contributed by atoms with Crippen LogP contribution in [-0.2, 0) is 6.42 Å². The average Bonchev–Trinajstić information content (AvgIpc) is 2.87. The van der Waals surface area contributed by atoms with Gasteiger partial charge in [0.05, 0.1) is 5.02 Å². The molecule has 2 nitrogen and oxygen atoms in total. The normalized spacial score (nSPS) is 10.7. The summed E-state index contributed by atoms with van der Waals surface area (Å²) < 4.78 is 5.63. The predicted molar refractivity (Wildman–Crippen MR) is 85.4 cm³/mol. The Morgan fingerprint density at radius 2 is 1.90 bits per heavy atom. The van der Waals surface area contributed by atoms with Crippen LogP contribution in [0.4, 0.5) is 0 Å². The van der Waals surface area contributed by atoms with Crippen LogP contribution >= 0.6 is 11.6 Å². The van der Waals surface area contributed by atoms with Crippen LogP contribution < -0.4 is 0 Å². The molecular weight excluding hydrogens is 282 g/mol. The van der Waals surface area contributed by atoms with Crippen molar-refractivity contribution in [1.82, 2.24) is 0 Å². The first-order chi connectivity index (χ1) is 10.2. The van der Waals surface area contributed by atoms with Crippen molar-refractivity contribution in [2.24, 2.45) is 0 Å². The quantitative estimate of drug-likeness (QED) is 0.632. The maximum atomic E-state index is 9.24. The standard InChI is InChI=1S/C18H14ClNO/c1-2-6-14-15-9-13(12-7-4-3-5-8-12)10-16(19)18(15)21-17(14)11-20/h3-5,7-10H,2,6H2,1H3. The molecular formula is C18H14ClNO. The number of furan rings is 1. The van der Waals surface area contributed by atoms with E-state index in [2.05, 4.69) is 19.1 Å². The van der Waals surface area contributed by atoms with Crippen molar-refractivity contribution >= 4 is 22.6 Å². The lowest BCUT2D eigenvalue weighted by molar-refractivity contribution is 0.593. The monoisotopic (exact) mass is 295 g/mol. The summed E-state index contributed by atoms with van der Waals surface area (Å²) in [5.41, 5.74) is 3.70. The van der Waals surface area contributed by atoms with Gasteiger partial charge in [-0.3, -0.25) is 0 Å². The molecule has 0 radical (unpaired) electrons. The van der Waals surface area contributed by atoms with Crippen LogP contribution in [0.2, 0.25) is 5.02 Å². The zero-order valence-electron chi connectivity index (χ0n) is 11.7. The lowest BCUT2D eigenvalue weighted by Gasteiger charge is -2.04. The van der Waals surface area contributed by atoms with E-state index < -0.39 is 0 Å². The van der Waals surface area contributed by atoms with Gasteiger partial charge in [0.1, 0.15) is 6.07 Å². The predicted octanol–water partition coefficient (Wildman–Crippen LogP) is 5.58. The summed E-state index contributed by atoms with van der Waals surface area (Å²) in [4.78, 5) is 0. The average molecular weight is 296 g/mol. The van der Waals surface area contributed by atoms with Gasteiger partial charge in [-0.25, -0.2) is 0 Å². The van der Waals surface area contributed by atoms with E-state index in [0.717, 1.165) is 34.9 Å². The van der Waals surface area contributed by atoms with E-state index in [-0.39, 0.29) is 0 Å². The number of nitriles is 1. The Kier molecular flexibility index (Phi) is 3.68. The zero-order valence-corrected chi connectivity index (χ0v) is 12.4. The largest absolute Gasteiger partial charge is 0.444 e. The highest BCUT2D eigenvalue weighted by atomic mass is 35.5. The van der Waals surface area contributed by atoms with Crippen LogP contribution in [0.5, 0.6) is 0 Å². The molecule has 0 aliphatic rings. The van der Waals surface area contributed by atoms with Crippen LogP contribution in [0.1, 0.15) is 24.7 Å². The summed E-state index contributed by atoms with van der Waals surface area (Å²) in [6.45, 7) is 2.09. The highest BCUT2D eigenvalue weighted by Crippen LogP contribution is 2.36. The molecule has 2 aromatic carbocycles. The van der Waals surface area contributed by atoms with Crippen molar-refractivity contribution in [3.8, 4) is 17.2 Å². The summed E-state index contributed by atoms with van der Waals surface area (Å²) in [5.74, 6) is 0.374. The Hall–Kier alpha value is -2.24. The zero-order chi connectivity index (χ0) is 14.8. The van der Waals surface area contributed by atoms with Crippen LogP contribution in [0.3, 0.4) is 0 Å². The van der Waals surface area contributed by atoms with E-state index in [1.807, 2.05) is 36.4 Å². The van der Waals surface area contributed by atoms with E-state index >= 15 is 0 Å². The molecule has 0 bridgehead atoms.